The van der Waals surface area contributed by atoms with Crippen molar-refractivity contribution in [3.8, 4) is 5.75 Å². The summed E-state index contributed by atoms with van der Waals surface area (Å²) in [5.74, 6) is -0.301. The monoisotopic (exact) mass is 424 g/mol. The minimum absolute atomic E-state index is 0.000177. The average Bonchev–Trinajstić information content (AvgIpc) is 2.81. The van der Waals surface area contributed by atoms with Gasteiger partial charge in [-0.1, -0.05) is 49.2 Å². The summed E-state index contributed by atoms with van der Waals surface area (Å²) in [6, 6.07) is 12.8. The molecule has 4 N–H and O–H groups in total. The molecule has 5 nitrogen and oxygen atoms in total. The third-order valence-electron chi connectivity index (χ3n) is 4.35. The van der Waals surface area contributed by atoms with Crippen LogP contribution in [0.3, 0.4) is 0 Å². The molecular weight excluding hydrogens is 378 g/mol. The first-order valence-electron chi connectivity index (χ1n) is 14.6. The second kappa shape index (κ2) is 15.0. The lowest BCUT2D eigenvalue weighted by Crippen LogP contribution is -2.22. The Morgan fingerprint density at radius 1 is 0.967 bits per heavy atom. The summed E-state index contributed by atoms with van der Waals surface area (Å²) in [4.78, 5) is 0. The Morgan fingerprint density at radius 3 is 2.47 bits per heavy atom. The molecule has 0 aliphatic heterocycles. The Labute approximate surface area is 193 Å². The number of benzene rings is 2. The molecule has 0 spiro atoms. The van der Waals surface area contributed by atoms with E-state index in [0.29, 0.717) is 12.8 Å². The van der Waals surface area contributed by atoms with E-state index in [1.165, 1.54) is 0 Å². The predicted molar refractivity (Wildman–Crippen MR) is 121 cm³/mol. The van der Waals surface area contributed by atoms with Gasteiger partial charge in [0.15, 0.2) is 0 Å². The lowest BCUT2D eigenvalue weighted by Gasteiger charge is -2.14. The fourth-order valence-electron chi connectivity index (χ4n) is 2.67. The first-order chi connectivity index (χ1) is 17.9. The van der Waals surface area contributed by atoms with Crippen LogP contribution >= 0.6 is 0 Å². The number of aliphatic hydroxyl groups excluding tert-OH is 1. The maximum atomic E-state index is 10.6. The quantitative estimate of drug-likeness (QED) is 0.305. The predicted octanol–water partition coefficient (Wildman–Crippen LogP) is 4.11. The summed E-state index contributed by atoms with van der Waals surface area (Å²) >= 11 is 0. The van der Waals surface area contributed by atoms with Crippen LogP contribution < -0.4 is 5.32 Å². The summed E-state index contributed by atoms with van der Waals surface area (Å²) in [7, 11) is 0. The van der Waals surface area contributed by atoms with Crippen molar-refractivity contribution in [2.24, 2.45) is 0 Å². The molecule has 1 unspecified atom stereocenters. The lowest BCUT2D eigenvalue weighted by molar-refractivity contribution is 0.126. The molecule has 0 saturated heterocycles. The largest absolute Gasteiger partial charge is 0.508 e. The van der Waals surface area contributed by atoms with Crippen molar-refractivity contribution in [1.82, 2.24) is 5.32 Å². The van der Waals surface area contributed by atoms with Gasteiger partial charge in [0.1, 0.15) is 5.75 Å². The number of rotatable bonds is 16. The molecule has 0 aliphatic rings. The standard InChI is InChI=1S/C25H37NO4/c27-20-23-18-22(13-14-24(23)28)25(29)19-26-15-7-1-2-8-16-30-17-9-6-12-21-10-4-3-5-11-21/h3-5,10-11,13-14,18,25-29H,1-2,6-9,12,15-17,19-20H2/i15D2,16D2,17D2,19D2,25D. The zero-order valence-electron chi connectivity index (χ0n) is 26.0. The van der Waals surface area contributed by atoms with Crippen LogP contribution in [0.15, 0.2) is 48.5 Å². The van der Waals surface area contributed by atoms with Crippen LogP contribution in [0.4, 0.5) is 0 Å². The van der Waals surface area contributed by atoms with Crippen LogP contribution in [0.25, 0.3) is 0 Å². The van der Waals surface area contributed by atoms with Crippen LogP contribution in [0.5, 0.6) is 5.75 Å². The van der Waals surface area contributed by atoms with Crippen LogP contribution in [-0.4, -0.2) is 41.4 Å². The first kappa shape index (κ1) is 14.2. The lowest BCUT2D eigenvalue weighted by atomic mass is 10.1. The summed E-state index contributed by atoms with van der Waals surface area (Å²) in [6.45, 7) is -10.5. The maximum absolute atomic E-state index is 10.6. The average molecular weight is 425 g/mol. The second-order valence-electron chi connectivity index (χ2n) is 6.71. The van der Waals surface area contributed by atoms with Gasteiger partial charge in [0, 0.05) is 30.7 Å². The fraction of sp³-hybridized carbons (Fsp3) is 0.520. The topological polar surface area (TPSA) is 82.0 Å². The van der Waals surface area contributed by atoms with Gasteiger partial charge in [0.05, 0.1) is 19.5 Å². The molecule has 2 aromatic carbocycles. The van der Waals surface area contributed by atoms with E-state index in [2.05, 4.69) is 0 Å². The van der Waals surface area contributed by atoms with Gasteiger partial charge in [-0.2, -0.15) is 0 Å². The highest BCUT2D eigenvalue weighted by Gasteiger charge is 2.09. The molecule has 0 radical (unpaired) electrons. The van der Waals surface area contributed by atoms with Gasteiger partial charge >= 0.3 is 0 Å². The van der Waals surface area contributed by atoms with E-state index >= 15 is 0 Å². The van der Waals surface area contributed by atoms with E-state index in [1.807, 2.05) is 35.6 Å². The van der Waals surface area contributed by atoms with Crippen molar-refractivity contribution >= 4 is 0 Å². The molecule has 5 heteroatoms. The van der Waals surface area contributed by atoms with Gasteiger partial charge in [-0.3, -0.25) is 0 Å². The number of phenols is 1. The Kier molecular flexibility index (Phi) is 7.08. The molecule has 0 aliphatic carbocycles. The van der Waals surface area contributed by atoms with Crippen LogP contribution in [0.1, 0.15) is 73.6 Å². The number of ether oxygens (including phenoxy) is 1. The van der Waals surface area contributed by atoms with E-state index in [9.17, 15) is 15.3 Å². The molecule has 0 aromatic heterocycles. The molecule has 0 heterocycles. The van der Waals surface area contributed by atoms with Gasteiger partial charge < -0.3 is 25.4 Å². The number of hydrogen-bond donors (Lipinski definition) is 4. The van der Waals surface area contributed by atoms with Crippen molar-refractivity contribution in [3.63, 3.8) is 0 Å². The Hall–Kier alpha value is -1.92. The van der Waals surface area contributed by atoms with Crippen molar-refractivity contribution < 1.29 is 32.4 Å². The zero-order chi connectivity index (χ0) is 29.5. The molecule has 0 bridgehead atoms. The van der Waals surface area contributed by atoms with E-state index in [-0.39, 0.29) is 49.0 Å². The molecule has 1 atom stereocenters. The normalized spacial score (nSPS) is 19.6. The van der Waals surface area contributed by atoms with Crippen molar-refractivity contribution in [2.75, 3.05) is 26.1 Å². The molecule has 166 valence electrons. The summed E-state index contributed by atoms with van der Waals surface area (Å²) < 4.78 is 77.8. The van der Waals surface area contributed by atoms with Crippen LogP contribution in [-0.2, 0) is 17.8 Å². The SMILES string of the molecule is [2H]C([2H])(CCCCC([2H])([2H])OC([2H])([2H])CCCc1ccccc1)NC([2H])([2H])C([2H])(O)c1ccc(O)c(CO)c1. The number of unbranched alkanes of at least 4 members (excludes halogenated alkanes) is 1. The summed E-state index contributed by atoms with van der Waals surface area (Å²) in [6.07, 6.45) is -2.19. The highest BCUT2D eigenvalue weighted by molar-refractivity contribution is 5.36. The van der Waals surface area contributed by atoms with E-state index < -0.39 is 38.8 Å². The third-order valence-corrected chi connectivity index (χ3v) is 4.35. The van der Waals surface area contributed by atoms with Crippen molar-refractivity contribution in [1.29, 1.82) is 0 Å². The first-order valence-corrected chi connectivity index (χ1v) is 10.1. The second-order valence-corrected chi connectivity index (χ2v) is 6.71. The molecule has 2 aromatic rings. The fourth-order valence-corrected chi connectivity index (χ4v) is 2.67. The number of aromatic hydroxyl groups is 1. The molecule has 0 fully saturated rings. The summed E-state index contributed by atoms with van der Waals surface area (Å²) in [5, 5.41) is 31.6. The minimum atomic E-state index is -2.99. The smallest absolute Gasteiger partial charge is 0.121 e. The Balaban J connectivity index is 1.86. The highest BCUT2D eigenvalue weighted by atomic mass is 16.5. The van der Waals surface area contributed by atoms with E-state index in [1.54, 1.807) is 0 Å². The molecule has 2 rings (SSSR count). The minimum Gasteiger partial charge on any atom is -0.508 e. The van der Waals surface area contributed by atoms with Gasteiger partial charge in [-0.05, 0) is 61.9 Å². The number of aryl methyl sites for hydroxylation is 1. The number of hydrogen-bond acceptors (Lipinski definition) is 5. The van der Waals surface area contributed by atoms with Gasteiger partial charge in [0.2, 0.25) is 0 Å². The maximum Gasteiger partial charge on any atom is 0.121 e. The molecular formula is C25H37NO4. The van der Waals surface area contributed by atoms with Crippen LogP contribution in [0.2, 0.25) is 0 Å². The Bertz CT molecular complexity index is 1050. The molecule has 0 saturated carbocycles. The van der Waals surface area contributed by atoms with Crippen molar-refractivity contribution in [2.45, 2.75) is 57.6 Å². The Morgan fingerprint density at radius 2 is 1.70 bits per heavy atom. The number of nitrogens with one attached hydrogen (secondary N) is 1. The molecule has 0 amide bonds. The number of aliphatic hydroxyl groups is 2. The molecule has 30 heavy (non-hydrogen) atoms. The van der Waals surface area contributed by atoms with Gasteiger partial charge in [0.25, 0.3) is 0 Å². The van der Waals surface area contributed by atoms with Gasteiger partial charge in [-0.15, -0.1) is 0 Å². The highest BCUT2D eigenvalue weighted by Crippen LogP contribution is 2.22. The summed E-state index contributed by atoms with van der Waals surface area (Å²) in [5.41, 5.74) is 0.709. The zero-order valence-corrected chi connectivity index (χ0v) is 17.0. The third kappa shape index (κ3) is 9.72. The van der Waals surface area contributed by atoms with E-state index in [0.717, 1.165) is 23.8 Å². The van der Waals surface area contributed by atoms with Gasteiger partial charge in [-0.25, -0.2) is 0 Å². The van der Waals surface area contributed by atoms with E-state index in [4.69, 9.17) is 17.1 Å². The van der Waals surface area contributed by atoms with Crippen LogP contribution in [0, 0.1) is 0 Å². The van der Waals surface area contributed by atoms with Crippen molar-refractivity contribution in [3.05, 3.63) is 65.2 Å².